The molecule has 0 spiro atoms. The van der Waals surface area contributed by atoms with Gasteiger partial charge in [0.1, 0.15) is 0 Å². The average Bonchev–Trinajstić information content (AvgIpc) is 2.29. The lowest BCUT2D eigenvalue weighted by Crippen LogP contribution is -2.36. The number of rotatable bonds is 5. The van der Waals surface area contributed by atoms with Gasteiger partial charge in [-0.25, -0.2) is 0 Å². The summed E-state index contributed by atoms with van der Waals surface area (Å²) in [5.74, 6) is -0.158. The maximum absolute atomic E-state index is 11.8. The molecule has 4 nitrogen and oxygen atoms in total. The molecule has 0 aromatic carbocycles. The second-order valence-corrected chi connectivity index (χ2v) is 4.59. The second-order valence-electron chi connectivity index (χ2n) is 4.19. The Hall–Kier alpha value is -1.13. The molecule has 0 bridgehead atoms. The van der Waals surface area contributed by atoms with Crippen LogP contribution in [-0.2, 0) is 0 Å². The van der Waals surface area contributed by atoms with E-state index in [0.717, 1.165) is 6.54 Å². The number of amides is 1. The van der Waals surface area contributed by atoms with Gasteiger partial charge in [0.25, 0.3) is 5.91 Å². The number of pyridine rings is 1. The Morgan fingerprint density at radius 1 is 1.59 bits per heavy atom. The molecule has 0 atom stereocenters. The Kier molecular flexibility index (Phi) is 5.38. The van der Waals surface area contributed by atoms with Gasteiger partial charge < -0.3 is 10.2 Å². The number of aromatic nitrogens is 1. The predicted molar refractivity (Wildman–Crippen MR) is 69.3 cm³/mol. The predicted octanol–water partition coefficient (Wildman–Crippen LogP) is 1.80. The van der Waals surface area contributed by atoms with Crippen molar-refractivity contribution in [3.05, 3.63) is 29.0 Å². The summed E-state index contributed by atoms with van der Waals surface area (Å²) in [7, 11) is 2.02. The first-order valence-electron chi connectivity index (χ1n) is 5.60. The van der Waals surface area contributed by atoms with E-state index in [4.69, 9.17) is 11.6 Å². The van der Waals surface area contributed by atoms with E-state index >= 15 is 0 Å². The van der Waals surface area contributed by atoms with Crippen molar-refractivity contribution in [1.29, 1.82) is 0 Å². The third kappa shape index (κ3) is 4.32. The van der Waals surface area contributed by atoms with Crippen molar-refractivity contribution >= 4 is 17.5 Å². The van der Waals surface area contributed by atoms with E-state index in [1.807, 2.05) is 7.05 Å². The van der Waals surface area contributed by atoms with Crippen LogP contribution in [0.25, 0.3) is 0 Å². The molecule has 0 radical (unpaired) electrons. The fraction of sp³-hybridized carbons (Fsp3) is 0.500. The number of hydrogen-bond acceptors (Lipinski definition) is 3. The molecule has 0 unspecified atom stereocenters. The van der Waals surface area contributed by atoms with E-state index in [1.165, 1.54) is 6.20 Å². The lowest BCUT2D eigenvalue weighted by molar-refractivity contribution is 0.0948. The third-order valence-electron chi connectivity index (χ3n) is 2.65. The van der Waals surface area contributed by atoms with Gasteiger partial charge in [-0.05, 0) is 27.0 Å². The van der Waals surface area contributed by atoms with Crippen LogP contribution >= 0.6 is 11.6 Å². The highest BCUT2D eigenvalue weighted by molar-refractivity contribution is 6.33. The van der Waals surface area contributed by atoms with Gasteiger partial charge in [-0.3, -0.25) is 9.78 Å². The van der Waals surface area contributed by atoms with Crippen LogP contribution in [-0.4, -0.2) is 42.0 Å². The van der Waals surface area contributed by atoms with Gasteiger partial charge in [-0.2, -0.15) is 0 Å². The molecule has 1 aromatic rings. The maximum atomic E-state index is 11.8. The molecular weight excluding hydrogens is 238 g/mol. The van der Waals surface area contributed by atoms with E-state index < -0.39 is 0 Å². The van der Waals surface area contributed by atoms with E-state index in [2.05, 4.69) is 29.0 Å². The minimum atomic E-state index is -0.158. The average molecular weight is 256 g/mol. The van der Waals surface area contributed by atoms with Crippen molar-refractivity contribution in [3.63, 3.8) is 0 Å². The summed E-state index contributed by atoms with van der Waals surface area (Å²) in [6, 6.07) is 2.08. The summed E-state index contributed by atoms with van der Waals surface area (Å²) in [5.41, 5.74) is 0.467. The molecule has 1 heterocycles. The van der Waals surface area contributed by atoms with Crippen molar-refractivity contribution in [2.75, 3.05) is 20.1 Å². The standard InChI is InChI=1S/C12H18ClN3O/c1-9(2)16(3)7-6-15-12(17)10-4-5-14-8-11(10)13/h4-5,8-9H,6-7H2,1-3H3,(H,15,17). The summed E-state index contributed by atoms with van der Waals surface area (Å²) in [5, 5.41) is 3.21. The molecule has 5 heteroatoms. The van der Waals surface area contributed by atoms with Gasteiger partial charge in [0.05, 0.1) is 10.6 Å². The first-order valence-corrected chi connectivity index (χ1v) is 5.98. The third-order valence-corrected chi connectivity index (χ3v) is 2.95. The second kappa shape index (κ2) is 6.57. The van der Waals surface area contributed by atoms with Crippen molar-refractivity contribution in [3.8, 4) is 0 Å². The number of nitrogens with zero attached hydrogens (tertiary/aromatic N) is 2. The fourth-order valence-corrected chi connectivity index (χ4v) is 1.46. The molecule has 0 saturated carbocycles. The molecule has 17 heavy (non-hydrogen) atoms. The highest BCUT2D eigenvalue weighted by atomic mass is 35.5. The van der Waals surface area contributed by atoms with Crippen LogP contribution in [0, 0.1) is 0 Å². The molecule has 0 saturated heterocycles. The van der Waals surface area contributed by atoms with Crippen LogP contribution in [0.2, 0.25) is 5.02 Å². The highest BCUT2D eigenvalue weighted by Crippen LogP contribution is 2.12. The van der Waals surface area contributed by atoms with Crippen LogP contribution in [0.3, 0.4) is 0 Å². The van der Waals surface area contributed by atoms with Crippen molar-refractivity contribution in [2.45, 2.75) is 19.9 Å². The van der Waals surface area contributed by atoms with Gasteiger partial charge in [0.15, 0.2) is 0 Å². The SMILES string of the molecule is CC(C)N(C)CCNC(=O)c1ccncc1Cl. The largest absolute Gasteiger partial charge is 0.351 e. The number of halogens is 1. The topological polar surface area (TPSA) is 45.2 Å². The molecule has 0 aliphatic rings. The van der Waals surface area contributed by atoms with Crippen molar-refractivity contribution in [2.24, 2.45) is 0 Å². The van der Waals surface area contributed by atoms with E-state index in [0.29, 0.717) is 23.2 Å². The first kappa shape index (κ1) is 13.9. The zero-order valence-corrected chi connectivity index (χ0v) is 11.2. The Morgan fingerprint density at radius 3 is 2.88 bits per heavy atom. The minimum Gasteiger partial charge on any atom is -0.351 e. The fourth-order valence-electron chi connectivity index (χ4n) is 1.26. The summed E-state index contributed by atoms with van der Waals surface area (Å²) >= 11 is 5.88. The summed E-state index contributed by atoms with van der Waals surface area (Å²) in [6.07, 6.45) is 3.03. The molecule has 0 aliphatic heterocycles. The van der Waals surface area contributed by atoms with Gasteiger partial charge in [-0.15, -0.1) is 0 Å². The zero-order chi connectivity index (χ0) is 12.8. The Balaban J connectivity index is 2.43. The molecule has 1 amide bonds. The van der Waals surface area contributed by atoms with Gasteiger partial charge in [0, 0.05) is 31.5 Å². The Labute approximate surface area is 107 Å². The van der Waals surface area contributed by atoms with Crippen LogP contribution < -0.4 is 5.32 Å². The van der Waals surface area contributed by atoms with Crippen LogP contribution in [0.1, 0.15) is 24.2 Å². The lowest BCUT2D eigenvalue weighted by atomic mass is 10.2. The number of nitrogens with one attached hydrogen (secondary N) is 1. The Morgan fingerprint density at radius 2 is 2.29 bits per heavy atom. The summed E-state index contributed by atoms with van der Waals surface area (Å²) in [4.78, 5) is 17.8. The normalized spacial score (nSPS) is 10.9. The molecular formula is C12H18ClN3O. The molecule has 1 N–H and O–H groups in total. The lowest BCUT2D eigenvalue weighted by Gasteiger charge is -2.20. The van der Waals surface area contributed by atoms with Crippen molar-refractivity contribution in [1.82, 2.24) is 15.2 Å². The molecule has 94 valence electrons. The number of hydrogen-bond donors (Lipinski definition) is 1. The minimum absolute atomic E-state index is 0.158. The highest BCUT2D eigenvalue weighted by Gasteiger charge is 2.09. The van der Waals surface area contributed by atoms with Crippen LogP contribution in [0.15, 0.2) is 18.5 Å². The molecule has 0 fully saturated rings. The number of carbonyl (C=O) groups is 1. The van der Waals surface area contributed by atoms with Crippen LogP contribution in [0.5, 0.6) is 0 Å². The number of carbonyl (C=O) groups excluding carboxylic acids is 1. The van der Waals surface area contributed by atoms with Gasteiger partial charge in [-0.1, -0.05) is 11.6 Å². The first-order chi connectivity index (χ1) is 8.02. The van der Waals surface area contributed by atoms with Gasteiger partial charge >= 0.3 is 0 Å². The zero-order valence-electron chi connectivity index (χ0n) is 10.4. The summed E-state index contributed by atoms with van der Waals surface area (Å²) in [6.45, 7) is 5.64. The van der Waals surface area contributed by atoms with E-state index in [1.54, 1.807) is 12.3 Å². The van der Waals surface area contributed by atoms with Crippen LogP contribution in [0.4, 0.5) is 0 Å². The molecule has 0 aliphatic carbocycles. The smallest absolute Gasteiger partial charge is 0.252 e. The molecule has 1 rings (SSSR count). The Bertz CT molecular complexity index is 382. The van der Waals surface area contributed by atoms with Crippen molar-refractivity contribution < 1.29 is 4.79 Å². The number of likely N-dealkylation sites (N-methyl/N-ethyl adjacent to an activating group) is 1. The van der Waals surface area contributed by atoms with E-state index in [9.17, 15) is 4.79 Å². The quantitative estimate of drug-likeness (QED) is 0.873. The van der Waals surface area contributed by atoms with E-state index in [-0.39, 0.29) is 5.91 Å². The monoisotopic (exact) mass is 255 g/mol. The van der Waals surface area contributed by atoms with Gasteiger partial charge in [0.2, 0.25) is 0 Å². The summed E-state index contributed by atoms with van der Waals surface area (Å²) < 4.78 is 0. The maximum Gasteiger partial charge on any atom is 0.252 e. The molecule has 1 aromatic heterocycles.